The maximum atomic E-state index is 13.3. The number of rotatable bonds is 11. The Morgan fingerprint density at radius 1 is 0.775 bits per heavy atom. The summed E-state index contributed by atoms with van der Waals surface area (Å²) >= 11 is 0. The zero-order valence-electron chi connectivity index (χ0n) is 22.3. The molecule has 0 aromatic heterocycles. The molecule has 0 saturated carbocycles. The molecule has 0 aliphatic heterocycles. The van der Waals surface area contributed by atoms with E-state index in [2.05, 4.69) is 4.72 Å². The first kappa shape index (κ1) is 29.0. The number of sulfonamides is 1. The molecule has 208 valence electrons. The average molecular weight is 578 g/mol. The summed E-state index contributed by atoms with van der Waals surface area (Å²) in [6.07, 6.45) is 3.05. The van der Waals surface area contributed by atoms with E-state index in [4.69, 9.17) is 4.74 Å². The highest BCUT2D eigenvalue weighted by Crippen LogP contribution is 2.32. The molecule has 4 aromatic rings. The Hall–Kier alpha value is -3.95. The molecule has 7 nitrogen and oxygen atoms in total. The van der Waals surface area contributed by atoms with E-state index in [9.17, 15) is 21.6 Å². The quantitative estimate of drug-likeness (QED) is 0.254. The monoisotopic (exact) mass is 577 g/mol. The third-order valence-electron chi connectivity index (χ3n) is 6.32. The fourth-order valence-electron chi connectivity index (χ4n) is 4.26. The largest absolute Gasteiger partial charge is 0.493 e. The Kier molecular flexibility index (Phi) is 9.07. The summed E-state index contributed by atoms with van der Waals surface area (Å²) in [5.41, 5.74) is 3.74. The van der Waals surface area contributed by atoms with Crippen LogP contribution >= 0.6 is 0 Å². The van der Waals surface area contributed by atoms with E-state index in [0.717, 1.165) is 35.1 Å². The first-order valence-electron chi connectivity index (χ1n) is 12.8. The van der Waals surface area contributed by atoms with Gasteiger partial charge < -0.3 is 4.74 Å². The van der Waals surface area contributed by atoms with Crippen LogP contribution in [0.2, 0.25) is 0 Å². The van der Waals surface area contributed by atoms with Crippen LogP contribution in [-0.4, -0.2) is 35.6 Å². The first-order chi connectivity index (χ1) is 19.1. The van der Waals surface area contributed by atoms with Crippen LogP contribution in [0.25, 0.3) is 11.1 Å². The van der Waals surface area contributed by atoms with Crippen LogP contribution in [-0.2, 0) is 32.7 Å². The van der Waals surface area contributed by atoms with Gasteiger partial charge in [0.15, 0.2) is 9.84 Å². The van der Waals surface area contributed by atoms with Crippen LogP contribution in [0.5, 0.6) is 5.75 Å². The second kappa shape index (κ2) is 12.5. The number of carbonyl (C=O) groups excluding carboxylic acids is 1. The highest BCUT2D eigenvalue weighted by molar-refractivity contribution is 7.91. The van der Waals surface area contributed by atoms with Crippen molar-refractivity contribution >= 4 is 25.8 Å². The summed E-state index contributed by atoms with van der Waals surface area (Å²) < 4.78 is 57.6. The lowest BCUT2D eigenvalue weighted by Crippen LogP contribution is -2.31. The number of benzene rings is 4. The lowest BCUT2D eigenvalue weighted by atomic mass is 9.94. The summed E-state index contributed by atoms with van der Waals surface area (Å²) in [6, 6.07) is 27.5. The van der Waals surface area contributed by atoms with Crippen molar-refractivity contribution in [3.05, 3.63) is 114 Å². The van der Waals surface area contributed by atoms with Crippen LogP contribution in [0.4, 0.5) is 0 Å². The van der Waals surface area contributed by atoms with E-state index in [0.29, 0.717) is 25.0 Å². The second-order valence-corrected chi connectivity index (χ2v) is 13.1. The van der Waals surface area contributed by atoms with Gasteiger partial charge in [0.05, 0.1) is 16.4 Å². The molecular formula is C31H31NO6S2. The molecule has 0 bridgehead atoms. The molecule has 0 fully saturated rings. The number of nitrogens with one attached hydrogen (secondary N) is 1. The standard InChI is InChI=1S/C31H31NO6S2/c1-3-21-38-30-12-8-7-11-28(30)24-15-20-29(25(22-24)14-13-23-9-5-4-6-10-23)31(33)32-40(36,37)27-18-16-26(17-19-27)39(2,34)35/h4-12,15-20,22H,3,13-14,21H2,1-2H3,(H,32,33). The number of sulfone groups is 1. The van der Waals surface area contributed by atoms with Crippen molar-refractivity contribution in [3.8, 4) is 16.9 Å². The van der Waals surface area contributed by atoms with E-state index >= 15 is 0 Å². The molecule has 0 aliphatic rings. The third-order valence-corrected chi connectivity index (χ3v) is 8.80. The Labute approximate surface area is 235 Å². The van der Waals surface area contributed by atoms with Gasteiger partial charge >= 0.3 is 0 Å². The topological polar surface area (TPSA) is 107 Å². The number of carbonyl (C=O) groups is 1. The Morgan fingerprint density at radius 2 is 1.43 bits per heavy atom. The average Bonchev–Trinajstić information content (AvgIpc) is 2.95. The molecule has 4 rings (SSSR count). The minimum atomic E-state index is -4.25. The summed E-state index contributed by atoms with van der Waals surface area (Å²) in [5.74, 6) is -0.0343. The highest BCUT2D eigenvalue weighted by Gasteiger charge is 2.22. The van der Waals surface area contributed by atoms with E-state index in [1.165, 1.54) is 24.3 Å². The second-order valence-electron chi connectivity index (χ2n) is 9.38. The SMILES string of the molecule is CCCOc1ccccc1-c1ccc(C(=O)NS(=O)(=O)c2ccc(S(C)(=O)=O)cc2)c(CCc2ccccc2)c1. The van der Waals surface area contributed by atoms with Crippen molar-refractivity contribution in [2.75, 3.05) is 12.9 Å². The zero-order valence-corrected chi connectivity index (χ0v) is 24.0. The summed E-state index contributed by atoms with van der Waals surface area (Å²) in [5, 5.41) is 0. The molecule has 0 aliphatic carbocycles. The number of para-hydroxylation sites is 1. The molecule has 4 aromatic carbocycles. The molecule has 0 radical (unpaired) electrons. The normalized spacial score (nSPS) is 11.7. The number of amides is 1. The smallest absolute Gasteiger partial charge is 0.265 e. The number of hydrogen-bond acceptors (Lipinski definition) is 6. The van der Waals surface area contributed by atoms with Gasteiger partial charge in [0, 0.05) is 17.4 Å². The van der Waals surface area contributed by atoms with Gasteiger partial charge in [0.2, 0.25) is 0 Å². The van der Waals surface area contributed by atoms with Crippen LogP contribution in [0.3, 0.4) is 0 Å². The minimum Gasteiger partial charge on any atom is -0.493 e. The van der Waals surface area contributed by atoms with Crippen LogP contribution in [0.15, 0.2) is 107 Å². The summed E-state index contributed by atoms with van der Waals surface area (Å²) in [7, 11) is -7.74. The molecule has 0 unspecified atom stereocenters. The van der Waals surface area contributed by atoms with Gasteiger partial charge in [-0.2, -0.15) is 0 Å². The number of aryl methyl sites for hydroxylation is 2. The molecule has 0 spiro atoms. The molecule has 0 atom stereocenters. The Balaban J connectivity index is 1.67. The molecule has 0 heterocycles. The predicted octanol–water partition coefficient (Wildman–Crippen LogP) is 5.45. The zero-order chi connectivity index (χ0) is 28.8. The van der Waals surface area contributed by atoms with E-state index in [1.54, 1.807) is 12.1 Å². The van der Waals surface area contributed by atoms with E-state index in [1.807, 2.05) is 67.6 Å². The molecule has 1 N–H and O–H groups in total. The maximum Gasteiger partial charge on any atom is 0.265 e. The minimum absolute atomic E-state index is 0.0141. The first-order valence-corrected chi connectivity index (χ1v) is 16.2. The summed E-state index contributed by atoms with van der Waals surface area (Å²) in [4.78, 5) is 13.1. The number of hydrogen-bond donors (Lipinski definition) is 1. The van der Waals surface area contributed by atoms with Crippen molar-refractivity contribution in [3.63, 3.8) is 0 Å². The fourth-order valence-corrected chi connectivity index (χ4v) is 5.85. The Bertz CT molecular complexity index is 1700. The van der Waals surface area contributed by atoms with Gasteiger partial charge in [-0.15, -0.1) is 0 Å². The lowest BCUT2D eigenvalue weighted by molar-refractivity contribution is 0.0980. The molecule has 9 heteroatoms. The van der Waals surface area contributed by atoms with Gasteiger partial charge in [-0.05, 0) is 72.4 Å². The molecule has 40 heavy (non-hydrogen) atoms. The fraction of sp³-hybridized carbons (Fsp3) is 0.194. The predicted molar refractivity (Wildman–Crippen MR) is 156 cm³/mol. The maximum absolute atomic E-state index is 13.3. The summed E-state index contributed by atoms with van der Waals surface area (Å²) in [6.45, 7) is 2.60. The van der Waals surface area contributed by atoms with Crippen LogP contribution in [0.1, 0.15) is 34.8 Å². The van der Waals surface area contributed by atoms with Crippen LogP contribution < -0.4 is 9.46 Å². The van der Waals surface area contributed by atoms with Gasteiger partial charge in [0.1, 0.15) is 5.75 Å². The highest BCUT2D eigenvalue weighted by atomic mass is 32.2. The van der Waals surface area contributed by atoms with Crippen molar-refractivity contribution in [1.82, 2.24) is 4.72 Å². The lowest BCUT2D eigenvalue weighted by Gasteiger charge is -2.15. The Morgan fingerprint density at radius 3 is 2.10 bits per heavy atom. The van der Waals surface area contributed by atoms with Gasteiger partial charge in [-0.1, -0.05) is 67.6 Å². The van der Waals surface area contributed by atoms with Crippen LogP contribution in [0, 0.1) is 0 Å². The van der Waals surface area contributed by atoms with Crippen molar-refractivity contribution in [1.29, 1.82) is 0 Å². The van der Waals surface area contributed by atoms with Gasteiger partial charge in [-0.25, -0.2) is 21.6 Å². The van der Waals surface area contributed by atoms with Gasteiger partial charge in [-0.3, -0.25) is 4.79 Å². The molecule has 1 amide bonds. The molecule has 0 saturated heterocycles. The van der Waals surface area contributed by atoms with Crippen molar-refractivity contribution in [2.45, 2.75) is 36.0 Å². The number of ether oxygens (including phenoxy) is 1. The molecular weight excluding hydrogens is 546 g/mol. The van der Waals surface area contributed by atoms with E-state index in [-0.39, 0.29) is 15.4 Å². The van der Waals surface area contributed by atoms with Gasteiger partial charge in [0.25, 0.3) is 15.9 Å². The third kappa shape index (κ3) is 7.16. The van der Waals surface area contributed by atoms with Crippen molar-refractivity contribution in [2.24, 2.45) is 0 Å². The van der Waals surface area contributed by atoms with Crippen molar-refractivity contribution < 1.29 is 26.4 Å². The van der Waals surface area contributed by atoms with E-state index < -0.39 is 25.8 Å².